The number of aromatic nitrogens is 5. The zero-order valence-electron chi connectivity index (χ0n) is 8.55. The normalized spacial score (nSPS) is 10.4. The molecule has 0 amide bonds. The molecule has 0 fully saturated rings. The Labute approximate surface area is 90.5 Å². The maximum Gasteiger partial charge on any atom is 0.222 e. The number of nitrogens with two attached hydrogens (primary N) is 1. The molecule has 8 heteroatoms. The second kappa shape index (κ2) is 4.09. The molecule has 0 radical (unpaired) electrons. The van der Waals surface area contributed by atoms with Crippen LogP contribution < -0.4 is 11.1 Å². The molecule has 0 spiro atoms. The third kappa shape index (κ3) is 2.05. The molecule has 0 bridgehead atoms. The predicted octanol–water partition coefficient (Wildman–Crippen LogP) is -0.0615. The average molecular weight is 223 g/mol. The number of nitrogen functional groups attached to an aromatic ring is 1. The quantitative estimate of drug-likeness (QED) is 0.756. The fourth-order valence-electron chi connectivity index (χ4n) is 1.13. The second-order valence-corrected chi connectivity index (χ2v) is 3.14. The van der Waals surface area contributed by atoms with Crippen molar-refractivity contribution in [1.29, 1.82) is 0 Å². The van der Waals surface area contributed by atoms with Gasteiger partial charge in [-0.25, -0.2) is 9.37 Å². The molecule has 3 N–H and O–H groups in total. The van der Waals surface area contributed by atoms with Gasteiger partial charge < -0.3 is 15.6 Å². The summed E-state index contributed by atoms with van der Waals surface area (Å²) >= 11 is 0. The number of nitrogens with zero attached hydrogens (tertiary/aromatic N) is 5. The van der Waals surface area contributed by atoms with Crippen LogP contribution in [-0.2, 0) is 13.6 Å². The van der Waals surface area contributed by atoms with Crippen LogP contribution in [0, 0.1) is 5.82 Å². The molecule has 7 nitrogen and oxygen atoms in total. The van der Waals surface area contributed by atoms with E-state index >= 15 is 0 Å². The van der Waals surface area contributed by atoms with Crippen molar-refractivity contribution in [3.8, 4) is 0 Å². The van der Waals surface area contributed by atoms with Crippen LogP contribution in [0.2, 0.25) is 0 Å². The Morgan fingerprint density at radius 1 is 1.56 bits per heavy atom. The molecule has 16 heavy (non-hydrogen) atoms. The van der Waals surface area contributed by atoms with Gasteiger partial charge in [0.15, 0.2) is 17.5 Å². The topological polar surface area (TPSA) is 94.5 Å². The van der Waals surface area contributed by atoms with Crippen molar-refractivity contribution in [3.05, 3.63) is 24.2 Å². The van der Waals surface area contributed by atoms with Crippen LogP contribution in [0.15, 0.2) is 12.5 Å². The highest BCUT2D eigenvalue weighted by Crippen LogP contribution is 2.10. The van der Waals surface area contributed by atoms with E-state index < -0.39 is 5.82 Å². The molecule has 0 unspecified atom stereocenters. The molecule has 2 rings (SSSR count). The second-order valence-electron chi connectivity index (χ2n) is 3.14. The van der Waals surface area contributed by atoms with E-state index in [2.05, 4.69) is 25.5 Å². The Kier molecular flexibility index (Phi) is 2.63. The van der Waals surface area contributed by atoms with Gasteiger partial charge in [-0.1, -0.05) is 0 Å². The van der Waals surface area contributed by atoms with Crippen molar-refractivity contribution in [2.24, 2.45) is 7.05 Å². The summed E-state index contributed by atoms with van der Waals surface area (Å²) in [6.45, 7) is 0.309. The van der Waals surface area contributed by atoms with Crippen molar-refractivity contribution < 1.29 is 4.39 Å². The minimum Gasteiger partial charge on any atom is -0.368 e. The Bertz CT molecular complexity index is 495. The summed E-state index contributed by atoms with van der Waals surface area (Å²) in [6, 6.07) is 0. The lowest BCUT2D eigenvalue weighted by Crippen LogP contribution is -2.09. The lowest BCUT2D eigenvalue weighted by Gasteiger charge is -2.05. The monoisotopic (exact) mass is 223 g/mol. The first kappa shape index (κ1) is 10.3. The van der Waals surface area contributed by atoms with Crippen LogP contribution in [0.25, 0.3) is 0 Å². The van der Waals surface area contributed by atoms with E-state index in [1.165, 1.54) is 0 Å². The summed E-state index contributed by atoms with van der Waals surface area (Å²) in [5.74, 6) is 0.172. The number of hydrogen-bond acceptors (Lipinski definition) is 6. The maximum absolute atomic E-state index is 13.2. The number of aryl methyl sites for hydroxylation is 1. The highest BCUT2D eigenvalue weighted by molar-refractivity contribution is 5.39. The third-order valence-electron chi connectivity index (χ3n) is 1.98. The summed E-state index contributed by atoms with van der Waals surface area (Å²) in [6.07, 6.45) is 2.57. The van der Waals surface area contributed by atoms with Crippen molar-refractivity contribution in [3.63, 3.8) is 0 Å². The van der Waals surface area contributed by atoms with E-state index in [1.54, 1.807) is 17.9 Å². The molecule has 0 atom stereocenters. The molecule has 0 aromatic carbocycles. The highest BCUT2D eigenvalue weighted by atomic mass is 19.1. The van der Waals surface area contributed by atoms with E-state index in [0.717, 1.165) is 6.20 Å². The van der Waals surface area contributed by atoms with Gasteiger partial charge in [-0.3, -0.25) is 0 Å². The van der Waals surface area contributed by atoms with Crippen molar-refractivity contribution in [1.82, 2.24) is 24.7 Å². The van der Waals surface area contributed by atoms with Gasteiger partial charge in [0, 0.05) is 7.05 Å². The number of rotatable bonds is 3. The van der Waals surface area contributed by atoms with E-state index in [-0.39, 0.29) is 11.8 Å². The molecule has 2 aromatic heterocycles. The van der Waals surface area contributed by atoms with Crippen LogP contribution in [0.3, 0.4) is 0 Å². The van der Waals surface area contributed by atoms with E-state index in [0.29, 0.717) is 12.4 Å². The van der Waals surface area contributed by atoms with Crippen molar-refractivity contribution >= 4 is 11.8 Å². The van der Waals surface area contributed by atoms with Gasteiger partial charge in [0.25, 0.3) is 0 Å². The van der Waals surface area contributed by atoms with Gasteiger partial charge in [0.1, 0.15) is 6.33 Å². The summed E-state index contributed by atoms with van der Waals surface area (Å²) in [4.78, 5) is 7.25. The SMILES string of the molecule is Cn1cnnc1CNc1nc(N)ncc1F. The predicted molar refractivity (Wildman–Crippen MR) is 54.7 cm³/mol. The van der Waals surface area contributed by atoms with Crippen LogP contribution >= 0.6 is 0 Å². The smallest absolute Gasteiger partial charge is 0.222 e. The van der Waals surface area contributed by atoms with Crippen LogP contribution in [0.4, 0.5) is 16.2 Å². The van der Waals surface area contributed by atoms with Crippen molar-refractivity contribution in [2.75, 3.05) is 11.1 Å². The third-order valence-corrected chi connectivity index (χ3v) is 1.98. The molecule has 2 heterocycles. The molecule has 2 aromatic rings. The van der Waals surface area contributed by atoms with E-state index in [4.69, 9.17) is 5.73 Å². The van der Waals surface area contributed by atoms with Gasteiger partial charge >= 0.3 is 0 Å². The van der Waals surface area contributed by atoms with Crippen LogP contribution in [0.5, 0.6) is 0 Å². The molecule has 0 aliphatic rings. The van der Waals surface area contributed by atoms with E-state index in [9.17, 15) is 4.39 Å². The van der Waals surface area contributed by atoms with Crippen molar-refractivity contribution in [2.45, 2.75) is 6.54 Å². The fourth-order valence-corrected chi connectivity index (χ4v) is 1.13. The van der Waals surface area contributed by atoms with E-state index in [1.807, 2.05) is 0 Å². The van der Waals surface area contributed by atoms with Gasteiger partial charge in [0.2, 0.25) is 5.95 Å². The minimum absolute atomic E-state index is 0.0156. The summed E-state index contributed by atoms with van der Waals surface area (Å²) in [5.41, 5.74) is 5.34. The minimum atomic E-state index is -0.559. The molecular weight excluding hydrogens is 213 g/mol. The zero-order chi connectivity index (χ0) is 11.5. The first-order valence-electron chi connectivity index (χ1n) is 4.51. The standard InChI is InChI=1S/C8H10FN7/c1-16-4-13-15-6(16)3-11-7-5(9)2-12-8(10)14-7/h2,4H,3H2,1H3,(H3,10,11,12,14). The average Bonchev–Trinajstić information content (AvgIpc) is 2.66. The molecule has 0 aliphatic carbocycles. The summed E-state index contributed by atoms with van der Waals surface area (Å²) < 4.78 is 14.9. The molecule has 0 aliphatic heterocycles. The summed E-state index contributed by atoms with van der Waals surface area (Å²) in [7, 11) is 1.79. The maximum atomic E-state index is 13.2. The van der Waals surface area contributed by atoms with Gasteiger partial charge in [-0.15, -0.1) is 10.2 Å². The zero-order valence-corrected chi connectivity index (χ0v) is 8.55. The lowest BCUT2D eigenvalue weighted by molar-refractivity contribution is 0.616. The number of nitrogens with one attached hydrogen (secondary N) is 1. The Balaban J connectivity index is 2.10. The molecule has 84 valence electrons. The van der Waals surface area contributed by atoms with Gasteiger partial charge in [-0.2, -0.15) is 4.98 Å². The van der Waals surface area contributed by atoms with Crippen LogP contribution in [0.1, 0.15) is 5.82 Å². The molecule has 0 saturated heterocycles. The first-order chi connectivity index (χ1) is 7.66. The first-order valence-corrected chi connectivity index (χ1v) is 4.51. The highest BCUT2D eigenvalue weighted by Gasteiger charge is 2.06. The molecule has 0 saturated carbocycles. The number of halogens is 1. The summed E-state index contributed by atoms with van der Waals surface area (Å²) in [5, 5.41) is 10.3. The molecular formula is C8H10FN7. The lowest BCUT2D eigenvalue weighted by atomic mass is 10.5. The van der Waals surface area contributed by atoms with Gasteiger partial charge in [-0.05, 0) is 0 Å². The van der Waals surface area contributed by atoms with Gasteiger partial charge in [0.05, 0.1) is 12.7 Å². The van der Waals surface area contributed by atoms with Crippen LogP contribution in [-0.4, -0.2) is 24.7 Å². The number of hydrogen-bond donors (Lipinski definition) is 2. The number of anilines is 2. The largest absolute Gasteiger partial charge is 0.368 e. The Morgan fingerprint density at radius 3 is 3.06 bits per heavy atom. The Hall–Kier alpha value is -2.25. The fraction of sp³-hybridized carbons (Fsp3) is 0.250. The Morgan fingerprint density at radius 2 is 2.38 bits per heavy atom.